The number of carbonyl (C=O) groups excluding carboxylic acids is 1. The van der Waals surface area contributed by atoms with Crippen LogP contribution in [0.25, 0.3) is 11.2 Å². The van der Waals surface area contributed by atoms with Crippen LogP contribution in [0.3, 0.4) is 0 Å². The normalized spacial score (nSPS) is 28.1. The summed E-state index contributed by atoms with van der Waals surface area (Å²) in [5, 5.41) is 22.7. The van der Waals surface area contributed by atoms with Gasteiger partial charge < -0.3 is 26.0 Å². The number of aliphatic hydroxyl groups excluding tert-OH is 2. The molecule has 0 spiro atoms. The summed E-state index contributed by atoms with van der Waals surface area (Å²) in [4.78, 5) is 23.8. The summed E-state index contributed by atoms with van der Waals surface area (Å²) < 4.78 is 6.92. The lowest BCUT2D eigenvalue weighted by Crippen LogP contribution is -2.42. The Kier molecular flexibility index (Phi) is 3.64. The van der Waals surface area contributed by atoms with Crippen molar-refractivity contribution >= 4 is 22.9 Å². The third-order valence-corrected chi connectivity index (χ3v) is 3.51. The lowest BCUT2D eigenvalue weighted by atomic mass is 10.1. The Morgan fingerprint density at radius 3 is 2.91 bits per heavy atom. The molecule has 4 atom stereocenters. The number of hydrogen-bond donors (Lipinski definition) is 4. The number of aliphatic hydroxyl groups is 2. The Labute approximate surface area is 124 Å². The Morgan fingerprint density at radius 1 is 1.41 bits per heavy atom. The molecule has 3 rings (SSSR count). The standard InChI is InChI=1S/C12H16N6O4/c1-2-14-11(21)8-6(19)7(20)12(22-8)18-4-17-5-9(13)15-3-16-10(5)18/h3-4,6-8,12,19-20H,2H2,1H3,(H,14,21)(H2,13,15,16)/t6-,7-,8+,12-/m1/s1. The maximum Gasteiger partial charge on any atom is 0.252 e. The second-order valence-electron chi connectivity index (χ2n) is 4.91. The van der Waals surface area contributed by atoms with Crippen LogP contribution in [0.2, 0.25) is 0 Å². The number of nitrogen functional groups attached to an aromatic ring is 1. The van der Waals surface area contributed by atoms with Gasteiger partial charge in [0, 0.05) is 6.54 Å². The second kappa shape index (κ2) is 5.48. The number of nitrogens with two attached hydrogens (primary N) is 1. The minimum atomic E-state index is -1.35. The van der Waals surface area contributed by atoms with Gasteiger partial charge in [0.25, 0.3) is 5.91 Å². The number of amides is 1. The quantitative estimate of drug-likeness (QED) is 0.517. The molecule has 2 aromatic heterocycles. The van der Waals surface area contributed by atoms with E-state index in [0.29, 0.717) is 17.7 Å². The monoisotopic (exact) mass is 308 g/mol. The number of nitrogens with one attached hydrogen (secondary N) is 1. The molecule has 1 amide bonds. The molecule has 0 aromatic carbocycles. The molecule has 118 valence electrons. The Bertz CT molecular complexity index is 704. The van der Waals surface area contributed by atoms with Gasteiger partial charge in [0.2, 0.25) is 0 Å². The molecule has 22 heavy (non-hydrogen) atoms. The number of hydrogen-bond acceptors (Lipinski definition) is 8. The molecule has 0 unspecified atom stereocenters. The van der Waals surface area contributed by atoms with E-state index in [1.165, 1.54) is 17.2 Å². The number of nitrogens with zero attached hydrogens (tertiary/aromatic N) is 4. The first-order valence-electron chi connectivity index (χ1n) is 6.77. The summed E-state index contributed by atoms with van der Waals surface area (Å²) in [6.45, 7) is 2.14. The third kappa shape index (κ3) is 2.17. The molecule has 10 nitrogen and oxygen atoms in total. The zero-order valence-electron chi connectivity index (χ0n) is 11.7. The second-order valence-corrected chi connectivity index (χ2v) is 4.91. The number of anilines is 1. The number of fused-ring (bicyclic) bond motifs is 1. The third-order valence-electron chi connectivity index (χ3n) is 3.51. The van der Waals surface area contributed by atoms with Crippen molar-refractivity contribution < 1.29 is 19.7 Å². The van der Waals surface area contributed by atoms with Crippen molar-refractivity contribution in [1.82, 2.24) is 24.8 Å². The van der Waals surface area contributed by atoms with Crippen molar-refractivity contribution in [3.63, 3.8) is 0 Å². The summed E-state index contributed by atoms with van der Waals surface area (Å²) in [5.41, 5.74) is 6.40. The van der Waals surface area contributed by atoms with Crippen LogP contribution in [-0.2, 0) is 9.53 Å². The maximum absolute atomic E-state index is 11.9. The molecule has 3 heterocycles. The number of ether oxygens (including phenoxy) is 1. The van der Waals surface area contributed by atoms with Crippen molar-refractivity contribution in [3.8, 4) is 0 Å². The maximum atomic E-state index is 11.9. The Hall–Kier alpha value is -2.30. The van der Waals surface area contributed by atoms with Crippen molar-refractivity contribution in [2.24, 2.45) is 0 Å². The molecule has 0 saturated carbocycles. The molecule has 1 fully saturated rings. The first kappa shape index (κ1) is 14.6. The molecule has 1 saturated heterocycles. The van der Waals surface area contributed by atoms with Crippen LogP contribution in [0.15, 0.2) is 12.7 Å². The summed E-state index contributed by atoms with van der Waals surface area (Å²) in [6, 6.07) is 0. The molecule has 0 aliphatic carbocycles. The minimum Gasteiger partial charge on any atom is -0.387 e. The SMILES string of the molecule is CCNC(=O)[C@H]1O[C@@H](n2cnc3c(N)ncnc32)[C@H](O)[C@H]1O. The fraction of sp³-hybridized carbons (Fsp3) is 0.500. The van der Waals surface area contributed by atoms with Gasteiger partial charge in [0.1, 0.15) is 24.1 Å². The fourth-order valence-electron chi connectivity index (χ4n) is 2.44. The van der Waals surface area contributed by atoms with Crippen LogP contribution in [0.4, 0.5) is 5.82 Å². The van der Waals surface area contributed by atoms with Gasteiger partial charge >= 0.3 is 0 Å². The topological polar surface area (TPSA) is 148 Å². The smallest absolute Gasteiger partial charge is 0.252 e. The molecule has 0 radical (unpaired) electrons. The van der Waals surface area contributed by atoms with Crippen LogP contribution in [0, 0.1) is 0 Å². The van der Waals surface area contributed by atoms with Gasteiger partial charge in [-0.05, 0) is 6.92 Å². The number of carbonyl (C=O) groups is 1. The number of imidazole rings is 1. The molecule has 10 heteroatoms. The first-order chi connectivity index (χ1) is 10.5. The van der Waals surface area contributed by atoms with Gasteiger partial charge in [0.05, 0.1) is 6.33 Å². The van der Waals surface area contributed by atoms with E-state index in [9.17, 15) is 15.0 Å². The number of rotatable bonds is 3. The Balaban J connectivity index is 1.94. The van der Waals surface area contributed by atoms with Crippen molar-refractivity contribution in [1.29, 1.82) is 0 Å². The fourth-order valence-corrected chi connectivity index (χ4v) is 2.44. The van der Waals surface area contributed by atoms with E-state index >= 15 is 0 Å². The summed E-state index contributed by atoms with van der Waals surface area (Å²) in [6.07, 6.45) is -2.20. The highest BCUT2D eigenvalue weighted by Gasteiger charge is 2.47. The van der Waals surface area contributed by atoms with Crippen LogP contribution < -0.4 is 11.1 Å². The highest BCUT2D eigenvalue weighted by Crippen LogP contribution is 2.31. The molecule has 1 aliphatic rings. The van der Waals surface area contributed by atoms with Gasteiger partial charge in [-0.15, -0.1) is 0 Å². The summed E-state index contributed by atoms with van der Waals surface area (Å²) in [5.74, 6) is -0.299. The summed E-state index contributed by atoms with van der Waals surface area (Å²) >= 11 is 0. The molecule has 5 N–H and O–H groups in total. The van der Waals surface area contributed by atoms with Crippen molar-refractivity contribution in [2.75, 3.05) is 12.3 Å². The number of likely N-dealkylation sites (N-methyl/N-ethyl adjacent to an activating group) is 1. The van der Waals surface area contributed by atoms with Crippen LogP contribution in [0.1, 0.15) is 13.2 Å². The molecular formula is C12H16N6O4. The van der Waals surface area contributed by atoms with Gasteiger partial charge in [0.15, 0.2) is 23.8 Å². The minimum absolute atomic E-state index is 0.192. The van der Waals surface area contributed by atoms with E-state index in [4.69, 9.17) is 10.5 Å². The average Bonchev–Trinajstić information content (AvgIpc) is 3.03. The predicted molar refractivity (Wildman–Crippen MR) is 74.3 cm³/mol. The largest absolute Gasteiger partial charge is 0.387 e. The molecular weight excluding hydrogens is 292 g/mol. The highest BCUT2D eigenvalue weighted by molar-refractivity contribution is 5.82. The Morgan fingerprint density at radius 2 is 2.18 bits per heavy atom. The van der Waals surface area contributed by atoms with Crippen molar-refractivity contribution in [3.05, 3.63) is 12.7 Å². The van der Waals surface area contributed by atoms with Gasteiger partial charge in [-0.1, -0.05) is 0 Å². The van der Waals surface area contributed by atoms with Crippen LogP contribution in [0.5, 0.6) is 0 Å². The van der Waals surface area contributed by atoms with E-state index in [2.05, 4.69) is 20.3 Å². The average molecular weight is 308 g/mol. The van der Waals surface area contributed by atoms with E-state index in [0.717, 1.165) is 0 Å². The molecule has 2 aromatic rings. The predicted octanol–water partition coefficient (Wildman–Crippen LogP) is -1.84. The lowest BCUT2D eigenvalue weighted by molar-refractivity contribution is -0.137. The first-order valence-corrected chi connectivity index (χ1v) is 6.77. The molecule has 1 aliphatic heterocycles. The zero-order valence-corrected chi connectivity index (χ0v) is 11.7. The van der Waals surface area contributed by atoms with Gasteiger partial charge in [-0.3, -0.25) is 9.36 Å². The van der Waals surface area contributed by atoms with E-state index in [1.807, 2.05) is 0 Å². The van der Waals surface area contributed by atoms with Gasteiger partial charge in [-0.2, -0.15) is 0 Å². The highest BCUT2D eigenvalue weighted by atomic mass is 16.6. The van der Waals surface area contributed by atoms with Crippen molar-refractivity contribution in [2.45, 2.75) is 31.5 Å². The summed E-state index contributed by atoms with van der Waals surface area (Å²) in [7, 11) is 0. The van der Waals surface area contributed by atoms with Crippen LogP contribution in [-0.4, -0.2) is 60.5 Å². The number of aromatic nitrogens is 4. The lowest BCUT2D eigenvalue weighted by Gasteiger charge is -2.16. The zero-order chi connectivity index (χ0) is 15.9. The van der Waals surface area contributed by atoms with Gasteiger partial charge in [-0.25, -0.2) is 15.0 Å². The van der Waals surface area contributed by atoms with E-state index in [1.54, 1.807) is 6.92 Å². The van der Waals surface area contributed by atoms with E-state index < -0.39 is 30.4 Å². The van der Waals surface area contributed by atoms with Crippen LogP contribution >= 0.6 is 0 Å². The molecule has 0 bridgehead atoms. The van der Waals surface area contributed by atoms with E-state index in [-0.39, 0.29) is 5.82 Å².